The molecule has 2 N–H and O–H groups in total. The number of aromatic nitrogens is 3. The molecule has 9 heteroatoms. The molecule has 0 spiro atoms. The Balaban J connectivity index is 1.90. The Bertz CT molecular complexity index is 967. The Morgan fingerprint density at radius 1 is 1.27 bits per heavy atom. The molecule has 0 atom stereocenters. The van der Waals surface area contributed by atoms with Crippen LogP contribution < -0.4 is 14.9 Å². The summed E-state index contributed by atoms with van der Waals surface area (Å²) in [4.78, 5) is 25.1. The number of benzene rings is 1. The third-order valence-electron chi connectivity index (χ3n) is 3.52. The number of fused-ring (bicyclic) bond motifs is 1. The molecule has 0 bridgehead atoms. The van der Waals surface area contributed by atoms with Crippen LogP contribution in [0.5, 0.6) is 0 Å². The van der Waals surface area contributed by atoms with E-state index in [1.165, 1.54) is 0 Å². The minimum absolute atomic E-state index is 0.353. The van der Waals surface area contributed by atoms with Gasteiger partial charge in [-0.2, -0.15) is 0 Å². The fourth-order valence-corrected chi connectivity index (χ4v) is 3.03. The van der Waals surface area contributed by atoms with Crippen molar-refractivity contribution >= 4 is 63.3 Å². The summed E-state index contributed by atoms with van der Waals surface area (Å²) in [7, 11) is 0. The Morgan fingerprint density at radius 2 is 2.08 bits per heavy atom. The minimum Gasteiger partial charge on any atom is -0.338 e. The number of nitrogens with zero attached hydrogens (tertiary/aromatic N) is 4. The average Bonchev–Trinajstić information content (AvgIpc) is 2.63. The lowest BCUT2D eigenvalue weighted by Gasteiger charge is -2.15. The molecule has 2 amide bonds. The van der Waals surface area contributed by atoms with Crippen molar-refractivity contribution < 1.29 is 4.79 Å². The second kappa shape index (κ2) is 7.88. The monoisotopic (exact) mass is 432 g/mol. The fraction of sp³-hybridized carbons (Fsp3) is 0.176. The predicted octanol–water partition coefficient (Wildman–Crippen LogP) is 4.22. The summed E-state index contributed by atoms with van der Waals surface area (Å²) in [5, 5.41) is 5.87. The van der Waals surface area contributed by atoms with Gasteiger partial charge in [-0.15, -0.1) is 0 Å². The van der Waals surface area contributed by atoms with E-state index in [-0.39, 0.29) is 6.03 Å². The average molecular weight is 433 g/mol. The highest BCUT2D eigenvalue weighted by Crippen LogP contribution is 2.26. The van der Waals surface area contributed by atoms with Gasteiger partial charge in [-0.1, -0.05) is 18.9 Å². The number of pyridine rings is 1. The molecular formula is C17H17BrN6OS. The zero-order valence-corrected chi connectivity index (χ0v) is 16.7. The highest BCUT2D eigenvalue weighted by molar-refractivity contribution is 9.10. The van der Waals surface area contributed by atoms with Gasteiger partial charge < -0.3 is 10.6 Å². The molecule has 3 aromatic rings. The van der Waals surface area contributed by atoms with Crippen LogP contribution in [0.4, 0.5) is 22.1 Å². The van der Waals surface area contributed by atoms with Crippen LogP contribution in [0.1, 0.15) is 12.5 Å². The maximum Gasteiger partial charge on any atom is 0.333 e. The van der Waals surface area contributed by atoms with Gasteiger partial charge in [-0.05, 0) is 59.6 Å². The highest BCUT2D eigenvalue weighted by atomic mass is 79.9. The van der Waals surface area contributed by atoms with E-state index in [4.69, 9.17) is 0 Å². The summed E-state index contributed by atoms with van der Waals surface area (Å²) in [6.45, 7) is 4.36. The molecule has 134 valence electrons. The number of anilines is 3. The van der Waals surface area contributed by atoms with E-state index in [0.717, 1.165) is 20.0 Å². The second-order valence-electron chi connectivity index (χ2n) is 5.52. The first-order valence-corrected chi connectivity index (χ1v) is 9.11. The summed E-state index contributed by atoms with van der Waals surface area (Å²) in [6, 6.07) is 9.04. The van der Waals surface area contributed by atoms with E-state index in [1.807, 2.05) is 32.0 Å². The number of urea groups is 1. The number of carbonyl (C=O) groups is 1. The molecule has 0 saturated heterocycles. The first kappa shape index (κ1) is 18.4. The molecule has 0 fully saturated rings. The summed E-state index contributed by atoms with van der Waals surface area (Å²) in [6.07, 6.45) is 1.64. The van der Waals surface area contributed by atoms with E-state index in [1.54, 1.807) is 18.3 Å². The van der Waals surface area contributed by atoms with Crippen LogP contribution in [0, 0.1) is 6.92 Å². The molecule has 3 rings (SSSR count). The molecule has 0 saturated carbocycles. The van der Waals surface area contributed by atoms with Crippen LogP contribution >= 0.6 is 28.7 Å². The number of thiol groups is 1. The zero-order valence-electron chi connectivity index (χ0n) is 14.2. The molecule has 0 radical (unpaired) electrons. The van der Waals surface area contributed by atoms with Crippen molar-refractivity contribution in [2.75, 3.05) is 16.2 Å². The number of amides is 2. The van der Waals surface area contributed by atoms with Crippen LogP contribution in [-0.4, -0.2) is 27.5 Å². The molecule has 1 aromatic carbocycles. The van der Waals surface area contributed by atoms with Gasteiger partial charge in [0.05, 0.1) is 11.9 Å². The quantitative estimate of drug-likeness (QED) is 0.537. The van der Waals surface area contributed by atoms with Gasteiger partial charge in [0, 0.05) is 11.0 Å². The van der Waals surface area contributed by atoms with Crippen molar-refractivity contribution in [3.8, 4) is 0 Å². The Labute approximate surface area is 164 Å². The minimum atomic E-state index is -0.353. The van der Waals surface area contributed by atoms with E-state index < -0.39 is 0 Å². The Kier molecular flexibility index (Phi) is 5.58. The van der Waals surface area contributed by atoms with Crippen LogP contribution in [0.25, 0.3) is 11.2 Å². The predicted molar refractivity (Wildman–Crippen MR) is 110 cm³/mol. The molecule has 0 aliphatic heterocycles. The van der Waals surface area contributed by atoms with E-state index in [2.05, 4.69) is 54.3 Å². The van der Waals surface area contributed by atoms with Gasteiger partial charge in [0.25, 0.3) is 0 Å². The number of hydrogen-bond donors (Lipinski definition) is 3. The first-order valence-electron chi connectivity index (χ1n) is 7.91. The van der Waals surface area contributed by atoms with Crippen molar-refractivity contribution in [2.45, 2.75) is 13.8 Å². The maximum absolute atomic E-state index is 11.9. The number of nitrogens with one attached hydrogen (secondary N) is 2. The lowest BCUT2D eigenvalue weighted by atomic mass is 10.2. The first-order chi connectivity index (χ1) is 12.5. The van der Waals surface area contributed by atoms with Crippen molar-refractivity contribution in [1.82, 2.24) is 20.3 Å². The van der Waals surface area contributed by atoms with Crippen molar-refractivity contribution in [2.24, 2.45) is 0 Å². The van der Waals surface area contributed by atoms with Crippen LogP contribution in [0.2, 0.25) is 0 Å². The number of rotatable bonds is 4. The third-order valence-corrected chi connectivity index (χ3v) is 4.56. The summed E-state index contributed by atoms with van der Waals surface area (Å²) in [5.74, 6) is 0.921. The highest BCUT2D eigenvalue weighted by Gasteiger charge is 2.13. The fourth-order valence-electron chi connectivity index (χ4n) is 2.26. The van der Waals surface area contributed by atoms with Gasteiger partial charge in [0.2, 0.25) is 0 Å². The lowest BCUT2D eigenvalue weighted by molar-refractivity contribution is 0.250. The number of aryl methyl sites for hydroxylation is 1. The Hall–Kier alpha value is -2.39. The van der Waals surface area contributed by atoms with Gasteiger partial charge in [0.1, 0.15) is 11.3 Å². The third kappa shape index (κ3) is 4.05. The SMILES string of the molecule is CCNC(=O)N(S)c1ccc2ncc(Nc3ccc(C)cc3Br)nc2n1. The van der Waals surface area contributed by atoms with E-state index >= 15 is 0 Å². The second-order valence-corrected chi connectivity index (χ2v) is 6.78. The van der Waals surface area contributed by atoms with Gasteiger partial charge in [-0.25, -0.2) is 24.1 Å². The summed E-state index contributed by atoms with van der Waals surface area (Å²) < 4.78 is 2.07. The van der Waals surface area contributed by atoms with Crippen LogP contribution in [0.15, 0.2) is 41.0 Å². The van der Waals surface area contributed by atoms with Crippen molar-refractivity contribution in [1.29, 1.82) is 0 Å². The number of halogens is 1. The smallest absolute Gasteiger partial charge is 0.333 e. The molecule has 7 nitrogen and oxygen atoms in total. The topological polar surface area (TPSA) is 83.0 Å². The molecular weight excluding hydrogens is 416 g/mol. The van der Waals surface area contributed by atoms with Gasteiger partial charge in [0.15, 0.2) is 11.5 Å². The van der Waals surface area contributed by atoms with Gasteiger partial charge in [-0.3, -0.25) is 0 Å². The van der Waals surface area contributed by atoms with E-state index in [9.17, 15) is 4.79 Å². The van der Waals surface area contributed by atoms with Crippen LogP contribution in [-0.2, 0) is 0 Å². The lowest BCUT2D eigenvalue weighted by Crippen LogP contribution is -2.34. The molecule has 0 aliphatic rings. The standard InChI is InChI=1S/C17H17BrN6OS/c1-3-19-17(25)24(26)15-7-6-13-16(23-15)22-14(9-20-13)21-12-5-4-10(2)8-11(12)18/h4-9,26H,3H2,1-2H3,(H,19,25)(H,21,22,23). The Morgan fingerprint density at radius 3 is 2.81 bits per heavy atom. The van der Waals surface area contributed by atoms with E-state index in [0.29, 0.717) is 29.3 Å². The molecule has 0 aliphatic carbocycles. The number of carbonyl (C=O) groups excluding carboxylic acids is 1. The molecule has 2 heterocycles. The normalized spacial score (nSPS) is 10.6. The molecule has 0 unspecified atom stereocenters. The summed E-state index contributed by atoms with van der Waals surface area (Å²) in [5.41, 5.74) is 3.06. The zero-order chi connectivity index (χ0) is 18.7. The summed E-state index contributed by atoms with van der Waals surface area (Å²) >= 11 is 7.72. The molecule has 2 aromatic heterocycles. The number of hydrogen-bond acceptors (Lipinski definition) is 6. The van der Waals surface area contributed by atoms with Crippen molar-refractivity contribution in [3.05, 3.63) is 46.6 Å². The van der Waals surface area contributed by atoms with Gasteiger partial charge >= 0.3 is 6.03 Å². The molecule has 26 heavy (non-hydrogen) atoms. The van der Waals surface area contributed by atoms with Crippen molar-refractivity contribution in [3.63, 3.8) is 0 Å². The maximum atomic E-state index is 11.9. The largest absolute Gasteiger partial charge is 0.338 e. The van der Waals surface area contributed by atoms with Crippen LogP contribution in [0.3, 0.4) is 0 Å².